The van der Waals surface area contributed by atoms with E-state index in [-0.39, 0.29) is 11.3 Å². The number of benzene rings is 1. The van der Waals surface area contributed by atoms with Gasteiger partial charge in [0.25, 0.3) is 0 Å². The first-order valence-corrected chi connectivity index (χ1v) is 2.10. The van der Waals surface area contributed by atoms with E-state index in [0.717, 1.165) is 0 Å². The lowest BCUT2D eigenvalue weighted by atomic mass is 10.4. The van der Waals surface area contributed by atoms with Crippen molar-refractivity contribution >= 4 is 0 Å². The Morgan fingerprint density at radius 1 is 1.00 bits per heavy atom. The molecule has 0 spiro atoms. The quantitative estimate of drug-likeness (QED) is 0.488. The topological polar surface area (TPSA) is 28.5 Å². The zero-order valence-corrected chi connectivity index (χ0v) is 4.17. The molecular formula is C6H5FO. The van der Waals surface area contributed by atoms with E-state index in [0.29, 0.717) is 0 Å². The van der Waals surface area contributed by atoms with Gasteiger partial charge in [0.05, 0.1) is 0 Å². The molecule has 0 saturated carbocycles. The molecule has 0 aliphatic heterocycles. The van der Waals surface area contributed by atoms with E-state index in [9.17, 15) is 4.39 Å². The van der Waals surface area contributed by atoms with Gasteiger partial charge >= 0.3 is 0 Å². The van der Waals surface area contributed by atoms with Crippen LogP contribution in [0.2, 0.25) is 0 Å². The van der Waals surface area contributed by atoms with E-state index in [2.05, 4.69) is 0 Å². The van der Waals surface area contributed by atoms with E-state index in [1.807, 2.05) is 0 Å². The Hall–Kier alpha value is -0.890. The van der Waals surface area contributed by atoms with Gasteiger partial charge in [0.2, 0.25) is 0 Å². The number of hydrogen-bond acceptors (Lipinski definition) is 0. The van der Waals surface area contributed by atoms with Crippen molar-refractivity contribution in [1.82, 2.24) is 0 Å². The zero-order valence-electron chi connectivity index (χ0n) is 4.17. The molecule has 1 aromatic rings. The van der Waals surface area contributed by atoms with Crippen molar-refractivity contribution in [3.05, 3.63) is 36.1 Å². The van der Waals surface area contributed by atoms with Gasteiger partial charge in [0, 0.05) is 5.48 Å². The summed E-state index contributed by atoms with van der Waals surface area (Å²) in [7, 11) is 0. The van der Waals surface area contributed by atoms with E-state index in [4.69, 9.17) is 0 Å². The Balaban J connectivity index is 0.000000490. The third-order valence-electron chi connectivity index (χ3n) is 0.733. The molecule has 1 aromatic carbocycles. The molecule has 0 aliphatic carbocycles. The molecule has 1 nitrogen and oxygen atoms in total. The Morgan fingerprint density at radius 2 is 1.50 bits per heavy atom. The van der Waals surface area contributed by atoms with E-state index in [1.165, 1.54) is 12.1 Å². The predicted octanol–water partition coefficient (Wildman–Crippen LogP) is 1.71. The van der Waals surface area contributed by atoms with Crippen molar-refractivity contribution < 1.29 is 9.87 Å². The lowest BCUT2D eigenvalue weighted by Crippen LogP contribution is -1.63. The molecule has 42 valence electrons. The zero-order chi connectivity index (χ0) is 5.11. The van der Waals surface area contributed by atoms with Crippen LogP contribution in [0.1, 0.15) is 0 Å². The lowest BCUT2D eigenvalue weighted by Gasteiger charge is -1.78. The van der Waals surface area contributed by atoms with Crippen LogP contribution in [-0.2, 0) is 5.48 Å². The summed E-state index contributed by atoms with van der Waals surface area (Å²) >= 11 is 0. The molecule has 0 atom stereocenters. The number of halogens is 1. The molecule has 8 heavy (non-hydrogen) atoms. The molecule has 0 amide bonds. The summed E-state index contributed by atoms with van der Waals surface area (Å²) in [5.74, 6) is -0.178. The Bertz CT molecular complexity index is 138. The highest BCUT2D eigenvalue weighted by molar-refractivity contribution is 5.02. The number of hydrogen-bond donors (Lipinski definition) is 0. The second-order valence-corrected chi connectivity index (χ2v) is 1.30. The van der Waals surface area contributed by atoms with Crippen molar-refractivity contribution in [2.24, 2.45) is 0 Å². The molecule has 0 aliphatic rings. The first kappa shape index (κ1) is 7.11. The van der Waals surface area contributed by atoms with Crippen LogP contribution in [0.15, 0.2) is 30.3 Å². The average molecular weight is 112 g/mol. The summed E-state index contributed by atoms with van der Waals surface area (Å²) in [6.07, 6.45) is 0. The van der Waals surface area contributed by atoms with Crippen LogP contribution in [-0.4, -0.2) is 0 Å². The minimum Gasteiger partial charge on any atom is -0.207 e. The van der Waals surface area contributed by atoms with Gasteiger partial charge in [-0.05, 0) is 12.1 Å². The van der Waals surface area contributed by atoms with Crippen molar-refractivity contribution in [2.75, 3.05) is 0 Å². The van der Waals surface area contributed by atoms with Crippen LogP contribution in [0.5, 0.6) is 0 Å². The molecule has 0 fully saturated rings. The largest absolute Gasteiger partial charge is 0.207 e. The van der Waals surface area contributed by atoms with Crippen LogP contribution in [0, 0.1) is 5.82 Å². The number of rotatable bonds is 0. The van der Waals surface area contributed by atoms with Gasteiger partial charge in [0.15, 0.2) is 0 Å². The van der Waals surface area contributed by atoms with Gasteiger partial charge < -0.3 is 0 Å². The normalized spacial score (nSPS) is 7.62. The van der Waals surface area contributed by atoms with Gasteiger partial charge in [-0.25, -0.2) is 4.39 Å². The van der Waals surface area contributed by atoms with Crippen LogP contribution in [0.3, 0.4) is 0 Å². The highest BCUT2D eigenvalue weighted by Gasteiger charge is 1.77. The summed E-state index contributed by atoms with van der Waals surface area (Å²) in [5.41, 5.74) is 0. The van der Waals surface area contributed by atoms with E-state index >= 15 is 0 Å². The minimum atomic E-state index is -0.178. The van der Waals surface area contributed by atoms with Crippen LogP contribution in [0.25, 0.3) is 0 Å². The summed E-state index contributed by atoms with van der Waals surface area (Å²) in [5, 5.41) is 0. The van der Waals surface area contributed by atoms with E-state index in [1.54, 1.807) is 18.2 Å². The maximum absolute atomic E-state index is 11.9. The minimum absolute atomic E-state index is 0. The van der Waals surface area contributed by atoms with Crippen LogP contribution >= 0.6 is 0 Å². The Kier molecular flexibility index (Phi) is 2.80. The molecule has 0 aromatic heterocycles. The summed E-state index contributed by atoms with van der Waals surface area (Å²) in [6, 6.07) is 7.94. The van der Waals surface area contributed by atoms with Crippen molar-refractivity contribution in [2.45, 2.75) is 0 Å². The smallest absolute Gasteiger partial charge is 0.123 e. The fourth-order valence-electron chi connectivity index (χ4n) is 0.415. The SMILES string of the molecule is Fc1ccccc1.[O]. The standard InChI is InChI=1S/C6H5F.O/c7-6-4-2-1-3-5-6;/h1-5H;. The van der Waals surface area contributed by atoms with E-state index < -0.39 is 0 Å². The van der Waals surface area contributed by atoms with Gasteiger partial charge in [0.1, 0.15) is 5.82 Å². The molecule has 2 radical (unpaired) electrons. The molecule has 2 heteroatoms. The van der Waals surface area contributed by atoms with Crippen LogP contribution in [0.4, 0.5) is 4.39 Å². The molecule has 0 unspecified atom stereocenters. The Labute approximate surface area is 47.1 Å². The average Bonchev–Trinajstić information content (AvgIpc) is 1.69. The molecule has 0 bridgehead atoms. The fraction of sp³-hybridized carbons (Fsp3) is 0. The summed E-state index contributed by atoms with van der Waals surface area (Å²) in [6.45, 7) is 0. The first-order chi connectivity index (χ1) is 3.39. The third kappa shape index (κ3) is 1.71. The summed E-state index contributed by atoms with van der Waals surface area (Å²) < 4.78 is 11.9. The second kappa shape index (κ2) is 3.16. The maximum Gasteiger partial charge on any atom is 0.123 e. The molecular weight excluding hydrogens is 107 g/mol. The molecule has 0 saturated heterocycles. The van der Waals surface area contributed by atoms with Gasteiger partial charge in [-0.2, -0.15) is 0 Å². The van der Waals surface area contributed by atoms with Crippen LogP contribution < -0.4 is 0 Å². The molecule has 0 heterocycles. The fourth-order valence-corrected chi connectivity index (χ4v) is 0.415. The lowest BCUT2D eigenvalue weighted by molar-refractivity contribution is 0.628. The predicted molar refractivity (Wildman–Crippen MR) is 27.1 cm³/mol. The van der Waals surface area contributed by atoms with Gasteiger partial charge in [-0.3, -0.25) is 0 Å². The van der Waals surface area contributed by atoms with Gasteiger partial charge in [-0.1, -0.05) is 18.2 Å². The summed E-state index contributed by atoms with van der Waals surface area (Å²) in [4.78, 5) is 0. The highest BCUT2D eigenvalue weighted by Crippen LogP contribution is 1.91. The van der Waals surface area contributed by atoms with Crippen molar-refractivity contribution in [3.63, 3.8) is 0 Å². The highest BCUT2D eigenvalue weighted by atomic mass is 19.1. The van der Waals surface area contributed by atoms with Crippen molar-refractivity contribution in [1.29, 1.82) is 0 Å². The molecule has 0 N–H and O–H groups in total. The Morgan fingerprint density at radius 3 is 1.75 bits per heavy atom. The molecule has 1 rings (SSSR count). The first-order valence-electron chi connectivity index (χ1n) is 2.10. The second-order valence-electron chi connectivity index (χ2n) is 1.30. The maximum atomic E-state index is 11.9. The van der Waals surface area contributed by atoms with Gasteiger partial charge in [-0.15, -0.1) is 0 Å². The monoisotopic (exact) mass is 112 g/mol. The van der Waals surface area contributed by atoms with Crippen molar-refractivity contribution in [3.8, 4) is 0 Å². The third-order valence-corrected chi connectivity index (χ3v) is 0.733.